The number of anilines is 4. The highest BCUT2D eigenvalue weighted by Crippen LogP contribution is 2.38. The minimum atomic E-state index is 0.274. The number of methoxy groups -OCH3 is 1. The minimum Gasteiger partial charge on any atom is -0.494 e. The van der Waals surface area contributed by atoms with Crippen LogP contribution in [0.3, 0.4) is 0 Å². The molecular formula is C29H39N9O. The first-order valence-electron chi connectivity index (χ1n) is 13.1. The summed E-state index contributed by atoms with van der Waals surface area (Å²) in [4.78, 5) is 22.9. The summed E-state index contributed by atoms with van der Waals surface area (Å²) >= 11 is 0. The molecule has 0 aliphatic rings. The first-order chi connectivity index (χ1) is 18.7. The number of fused-ring (bicyclic) bond motifs is 1. The number of pyridine rings is 1. The van der Waals surface area contributed by atoms with E-state index in [-0.39, 0.29) is 6.04 Å². The fraction of sp³-hybridized carbons (Fsp3) is 0.379. The van der Waals surface area contributed by atoms with Gasteiger partial charge in [-0.05, 0) is 53.1 Å². The molecule has 0 bridgehead atoms. The molecule has 0 saturated heterocycles. The van der Waals surface area contributed by atoms with Crippen molar-refractivity contribution in [3.05, 3.63) is 55.1 Å². The Kier molecular flexibility index (Phi) is 8.65. The second-order valence-corrected chi connectivity index (χ2v) is 10.0. The zero-order valence-electron chi connectivity index (χ0n) is 24.0. The first-order valence-corrected chi connectivity index (χ1v) is 13.1. The van der Waals surface area contributed by atoms with Crippen molar-refractivity contribution in [1.82, 2.24) is 29.4 Å². The van der Waals surface area contributed by atoms with Gasteiger partial charge >= 0.3 is 0 Å². The van der Waals surface area contributed by atoms with Crippen LogP contribution < -0.4 is 20.3 Å². The molecule has 10 nitrogen and oxygen atoms in total. The van der Waals surface area contributed by atoms with Crippen LogP contribution in [0, 0.1) is 6.92 Å². The predicted molar refractivity (Wildman–Crippen MR) is 160 cm³/mol. The molecule has 4 rings (SSSR count). The highest BCUT2D eigenvalue weighted by Gasteiger charge is 2.16. The monoisotopic (exact) mass is 529 g/mol. The van der Waals surface area contributed by atoms with Crippen LogP contribution in [0.2, 0.25) is 0 Å². The van der Waals surface area contributed by atoms with Crippen molar-refractivity contribution < 1.29 is 4.74 Å². The predicted octanol–water partition coefficient (Wildman–Crippen LogP) is 5.13. The Morgan fingerprint density at radius 1 is 1.08 bits per heavy atom. The number of likely N-dealkylation sites (N-methyl/N-ethyl adjacent to an activating group) is 2. The molecule has 3 heterocycles. The molecule has 0 spiro atoms. The van der Waals surface area contributed by atoms with Crippen LogP contribution in [-0.4, -0.2) is 77.3 Å². The molecule has 0 amide bonds. The maximum absolute atomic E-state index is 5.77. The average Bonchev–Trinajstić information content (AvgIpc) is 3.25. The molecule has 206 valence electrons. The molecule has 10 heteroatoms. The lowest BCUT2D eigenvalue weighted by molar-refractivity contribution is 0.413. The second kappa shape index (κ2) is 12.1. The van der Waals surface area contributed by atoms with Gasteiger partial charge < -0.3 is 29.7 Å². The van der Waals surface area contributed by atoms with Gasteiger partial charge in [0.1, 0.15) is 11.6 Å². The zero-order chi connectivity index (χ0) is 28.1. The molecule has 0 fully saturated rings. The summed E-state index contributed by atoms with van der Waals surface area (Å²) in [6, 6.07) is 8.30. The fourth-order valence-electron chi connectivity index (χ4n) is 4.53. The van der Waals surface area contributed by atoms with E-state index >= 15 is 0 Å². The number of imidazole rings is 1. The summed E-state index contributed by atoms with van der Waals surface area (Å²) in [6.45, 7) is 12.6. The van der Waals surface area contributed by atoms with Crippen LogP contribution in [-0.2, 0) is 0 Å². The largest absolute Gasteiger partial charge is 0.494 e. The quantitative estimate of drug-likeness (QED) is 0.242. The molecule has 39 heavy (non-hydrogen) atoms. The molecule has 3 aromatic heterocycles. The number of benzene rings is 1. The number of aromatic nitrogens is 5. The molecule has 0 unspecified atom stereocenters. The summed E-state index contributed by atoms with van der Waals surface area (Å²) in [5, 5.41) is 6.81. The highest BCUT2D eigenvalue weighted by atomic mass is 16.5. The minimum absolute atomic E-state index is 0.274. The molecular weight excluding hydrogens is 490 g/mol. The standard InChI is InChI=1S/C29H39N9O/c1-9-11-30-23-16-24(27(39-8)17-25(23)37(7)14-13-36(5)6)35-29-31-12-10-22(34-29)21-15-26-28(32-18-21)33-20(4)38(26)19(2)3/h9-10,12,15-19,30H,1,11,13-14H2,2-8H3,(H,31,34,35). The Bertz CT molecular complexity index is 1440. The van der Waals surface area contributed by atoms with Crippen molar-refractivity contribution in [3.8, 4) is 17.0 Å². The van der Waals surface area contributed by atoms with Crippen molar-refractivity contribution in [2.24, 2.45) is 0 Å². The van der Waals surface area contributed by atoms with Gasteiger partial charge in [-0.2, -0.15) is 0 Å². The van der Waals surface area contributed by atoms with Crippen LogP contribution in [0.5, 0.6) is 5.75 Å². The Labute approximate surface area is 230 Å². The van der Waals surface area contributed by atoms with E-state index in [9.17, 15) is 0 Å². The number of aryl methyl sites for hydroxylation is 1. The molecule has 2 N–H and O–H groups in total. The lowest BCUT2D eigenvalue weighted by atomic mass is 10.2. The SMILES string of the molecule is C=CCNc1cc(Nc2nccc(-c3cnc4nc(C)n(C(C)C)c4c3)n2)c(OC)cc1N(C)CCN(C)C. The van der Waals surface area contributed by atoms with E-state index in [2.05, 4.69) is 87.6 Å². The van der Waals surface area contributed by atoms with Crippen molar-refractivity contribution in [3.63, 3.8) is 0 Å². The van der Waals surface area contributed by atoms with Crippen LogP contribution >= 0.6 is 0 Å². The van der Waals surface area contributed by atoms with E-state index in [0.29, 0.717) is 18.2 Å². The van der Waals surface area contributed by atoms with Gasteiger partial charge in [-0.25, -0.2) is 19.9 Å². The smallest absolute Gasteiger partial charge is 0.227 e. The van der Waals surface area contributed by atoms with Gasteiger partial charge in [-0.1, -0.05) is 6.08 Å². The number of ether oxygens (including phenoxy) is 1. The molecule has 4 aromatic rings. The number of nitrogens with one attached hydrogen (secondary N) is 2. The lowest BCUT2D eigenvalue weighted by Crippen LogP contribution is -2.29. The number of hydrogen-bond acceptors (Lipinski definition) is 9. The lowest BCUT2D eigenvalue weighted by Gasteiger charge is -2.26. The van der Waals surface area contributed by atoms with E-state index in [1.165, 1.54) is 0 Å². The molecule has 0 saturated carbocycles. The molecule has 0 aliphatic carbocycles. The fourth-order valence-corrected chi connectivity index (χ4v) is 4.53. The Morgan fingerprint density at radius 3 is 2.56 bits per heavy atom. The van der Waals surface area contributed by atoms with Gasteiger partial charge in [0, 0.05) is 56.7 Å². The molecule has 0 aliphatic heterocycles. The number of nitrogens with zero attached hydrogens (tertiary/aromatic N) is 7. The number of rotatable bonds is 12. The average molecular weight is 530 g/mol. The maximum Gasteiger partial charge on any atom is 0.227 e. The third kappa shape index (κ3) is 6.28. The Morgan fingerprint density at radius 2 is 1.87 bits per heavy atom. The van der Waals surface area contributed by atoms with Crippen LogP contribution in [0.25, 0.3) is 22.4 Å². The van der Waals surface area contributed by atoms with Crippen molar-refractivity contribution in [2.45, 2.75) is 26.8 Å². The molecule has 0 atom stereocenters. The third-order valence-corrected chi connectivity index (χ3v) is 6.49. The van der Waals surface area contributed by atoms with Gasteiger partial charge in [-0.15, -0.1) is 6.58 Å². The van der Waals surface area contributed by atoms with Gasteiger partial charge in [0.15, 0.2) is 5.65 Å². The van der Waals surface area contributed by atoms with Gasteiger partial charge in [0.25, 0.3) is 0 Å². The van der Waals surface area contributed by atoms with Crippen molar-refractivity contribution >= 4 is 34.2 Å². The second-order valence-electron chi connectivity index (χ2n) is 10.0. The molecule has 0 radical (unpaired) electrons. The third-order valence-electron chi connectivity index (χ3n) is 6.49. The van der Waals surface area contributed by atoms with Crippen molar-refractivity contribution in [1.29, 1.82) is 0 Å². The Balaban J connectivity index is 1.68. The number of hydrogen-bond donors (Lipinski definition) is 2. The van der Waals surface area contributed by atoms with Crippen LogP contribution in [0.1, 0.15) is 25.7 Å². The molecule has 1 aromatic carbocycles. The van der Waals surface area contributed by atoms with E-state index in [1.54, 1.807) is 13.3 Å². The summed E-state index contributed by atoms with van der Waals surface area (Å²) < 4.78 is 7.96. The van der Waals surface area contributed by atoms with E-state index < -0.39 is 0 Å². The summed E-state index contributed by atoms with van der Waals surface area (Å²) in [6.07, 6.45) is 5.39. The van der Waals surface area contributed by atoms with Gasteiger partial charge in [0.2, 0.25) is 5.95 Å². The maximum atomic E-state index is 5.77. The summed E-state index contributed by atoms with van der Waals surface area (Å²) in [5.74, 6) is 2.10. The van der Waals surface area contributed by atoms with Crippen molar-refractivity contribution in [2.75, 3.05) is 63.4 Å². The normalized spacial score (nSPS) is 11.3. The van der Waals surface area contributed by atoms with E-state index in [4.69, 9.17) is 9.72 Å². The van der Waals surface area contributed by atoms with E-state index in [0.717, 1.165) is 58.4 Å². The first kappa shape index (κ1) is 27.8. The topological polar surface area (TPSA) is 96.3 Å². The van der Waals surface area contributed by atoms with Gasteiger partial charge in [-0.3, -0.25) is 0 Å². The van der Waals surface area contributed by atoms with Gasteiger partial charge in [0.05, 0.1) is 35.4 Å². The van der Waals surface area contributed by atoms with E-state index in [1.807, 2.05) is 37.4 Å². The summed E-state index contributed by atoms with van der Waals surface area (Å²) in [7, 11) is 7.88. The van der Waals surface area contributed by atoms with Crippen LogP contribution in [0.4, 0.5) is 23.0 Å². The highest BCUT2D eigenvalue weighted by molar-refractivity contribution is 5.81. The summed E-state index contributed by atoms with van der Waals surface area (Å²) in [5.41, 5.74) is 6.13. The zero-order valence-corrected chi connectivity index (χ0v) is 24.0. The van der Waals surface area contributed by atoms with Crippen LogP contribution in [0.15, 0.2) is 49.3 Å². The Hall–Kier alpha value is -4.18.